The van der Waals surface area contributed by atoms with Crippen molar-refractivity contribution in [2.24, 2.45) is 0 Å². The fourth-order valence-electron chi connectivity index (χ4n) is 1.95. The lowest BCUT2D eigenvalue weighted by Gasteiger charge is -2.11. The molecule has 19 heavy (non-hydrogen) atoms. The van der Waals surface area contributed by atoms with Crippen LogP contribution < -0.4 is 0 Å². The largest absolute Gasteiger partial charge is 0.478 e. The molecule has 0 bridgehead atoms. The molecule has 0 saturated heterocycles. The van der Waals surface area contributed by atoms with E-state index in [4.69, 9.17) is 5.11 Å². The fourth-order valence-corrected chi connectivity index (χ4v) is 1.95. The predicted molar refractivity (Wildman–Crippen MR) is 68.3 cm³/mol. The predicted octanol–water partition coefficient (Wildman–Crippen LogP) is 2.45. The van der Waals surface area contributed by atoms with Crippen LogP contribution in [0.3, 0.4) is 0 Å². The maximum atomic E-state index is 11.4. The number of benzene rings is 1. The van der Waals surface area contributed by atoms with Crippen molar-refractivity contribution >= 4 is 11.9 Å². The summed E-state index contributed by atoms with van der Waals surface area (Å²) in [6, 6.07) is 8.81. The van der Waals surface area contributed by atoms with E-state index in [-0.39, 0.29) is 5.56 Å². The number of aromatic carboxylic acids is 2. The number of aromatic nitrogens is 1. The van der Waals surface area contributed by atoms with Gasteiger partial charge in [-0.1, -0.05) is 30.3 Å². The number of carbonyl (C=O) groups is 2. The van der Waals surface area contributed by atoms with Gasteiger partial charge in [0, 0.05) is 11.8 Å². The maximum Gasteiger partial charge on any atom is 0.355 e. The molecule has 2 aromatic rings. The second-order valence-corrected chi connectivity index (χ2v) is 4.02. The Morgan fingerprint density at radius 3 is 2.21 bits per heavy atom. The van der Waals surface area contributed by atoms with Gasteiger partial charge in [-0.2, -0.15) is 0 Å². The van der Waals surface area contributed by atoms with Crippen LogP contribution in [0.1, 0.15) is 26.4 Å². The molecule has 2 rings (SSSR count). The fraction of sp³-hybridized carbons (Fsp3) is 0.0714. The highest BCUT2D eigenvalue weighted by Gasteiger charge is 2.24. The molecule has 5 heteroatoms. The van der Waals surface area contributed by atoms with Crippen molar-refractivity contribution in [2.75, 3.05) is 0 Å². The summed E-state index contributed by atoms with van der Waals surface area (Å²) in [6.07, 6.45) is 1.37. The molecule has 96 valence electrons. The summed E-state index contributed by atoms with van der Waals surface area (Å²) in [5, 5.41) is 18.3. The van der Waals surface area contributed by atoms with Crippen LogP contribution >= 0.6 is 0 Å². The molecule has 0 saturated carbocycles. The molecule has 1 aromatic carbocycles. The van der Waals surface area contributed by atoms with Gasteiger partial charge >= 0.3 is 11.9 Å². The quantitative estimate of drug-likeness (QED) is 0.881. The summed E-state index contributed by atoms with van der Waals surface area (Å²) in [5.41, 5.74) is 0.937. The zero-order valence-corrected chi connectivity index (χ0v) is 10.1. The zero-order chi connectivity index (χ0) is 14.0. The first-order valence-electron chi connectivity index (χ1n) is 5.54. The first-order valence-corrected chi connectivity index (χ1v) is 5.54. The van der Waals surface area contributed by atoms with Gasteiger partial charge in [0.15, 0.2) is 5.69 Å². The number of carboxylic acids is 2. The van der Waals surface area contributed by atoms with Gasteiger partial charge in [0.05, 0.1) is 0 Å². The molecule has 0 amide bonds. The first-order chi connectivity index (χ1) is 9.02. The van der Waals surface area contributed by atoms with E-state index >= 15 is 0 Å². The van der Waals surface area contributed by atoms with Gasteiger partial charge in [-0.25, -0.2) is 14.6 Å². The zero-order valence-electron chi connectivity index (χ0n) is 10.1. The molecular formula is C14H11NO4. The van der Waals surface area contributed by atoms with E-state index in [9.17, 15) is 14.7 Å². The summed E-state index contributed by atoms with van der Waals surface area (Å²) >= 11 is 0. The molecule has 0 fully saturated rings. The average molecular weight is 257 g/mol. The molecule has 0 aliphatic carbocycles. The lowest BCUT2D eigenvalue weighted by Crippen LogP contribution is -2.13. The van der Waals surface area contributed by atoms with Gasteiger partial charge in [-0.15, -0.1) is 0 Å². The van der Waals surface area contributed by atoms with Crippen molar-refractivity contribution in [2.45, 2.75) is 6.92 Å². The molecule has 0 unspecified atom stereocenters. The lowest BCUT2D eigenvalue weighted by molar-refractivity contribution is 0.0647. The first kappa shape index (κ1) is 12.8. The number of pyridine rings is 1. The van der Waals surface area contributed by atoms with Crippen molar-refractivity contribution in [1.82, 2.24) is 4.98 Å². The van der Waals surface area contributed by atoms with Crippen molar-refractivity contribution in [1.29, 1.82) is 0 Å². The number of nitrogens with zero attached hydrogens (tertiary/aromatic N) is 1. The standard InChI is InChI=1S/C14H11NO4/c1-8-7-15-12(14(18)19)11(13(16)17)10(8)9-5-3-2-4-6-9/h2-7H,1H3,(H,16,17)(H,18,19). The summed E-state index contributed by atoms with van der Waals surface area (Å²) in [4.78, 5) is 26.2. The highest BCUT2D eigenvalue weighted by molar-refractivity contribution is 6.05. The van der Waals surface area contributed by atoms with Crippen LogP contribution in [-0.4, -0.2) is 27.1 Å². The van der Waals surface area contributed by atoms with E-state index in [0.29, 0.717) is 16.7 Å². The van der Waals surface area contributed by atoms with Crippen molar-refractivity contribution in [3.8, 4) is 11.1 Å². The van der Waals surface area contributed by atoms with Crippen molar-refractivity contribution in [3.05, 3.63) is 53.3 Å². The van der Waals surface area contributed by atoms with E-state index in [1.165, 1.54) is 6.20 Å². The Kier molecular flexibility index (Phi) is 3.29. The van der Waals surface area contributed by atoms with Gasteiger partial charge in [0.1, 0.15) is 5.56 Å². The molecule has 0 atom stereocenters. The molecule has 1 aromatic heterocycles. The third kappa shape index (κ3) is 2.30. The van der Waals surface area contributed by atoms with Crippen LogP contribution in [0.2, 0.25) is 0 Å². The van der Waals surface area contributed by atoms with E-state index in [1.54, 1.807) is 37.3 Å². The monoisotopic (exact) mass is 257 g/mol. The third-order valence-electron chi connectivity index (χ3n) is 2.75. The van der Waals surface area contributed by atoms with Crippen LogP contribution in [0.15, 0.2) is 36.5 Å². The van der Waals surface area contributed by atoms with Gasteiger partial charge in [0.2, 0.25) is 0 Å². The van der Waals surface area contributed by atoms with Gasteiger partial charge in [-0.3, -0.25) is 0 Å². The van der Waals surface area contributed by atoms with Crippen LogP contribution in [-0.2, 0) is 0 Å². The Hall–Kier alpha value is -2.69. The maximum absolute atomic E-state index is 11.4. The lowest BCUT2D eigenvalue weighted by atomic mass is 9.95. The molecule has 0 spiro atoms. The Morgan fingerprint density at radius 2 is 1.68 bits per heavy atom. The summed E-state index contributed by atoms with van der Waals surface area (Å²) in [7, 11) is 0. The molecule has 0 radical (unpaired) electrons. The molecule has 5 nitrogen and oxygen atoms in total. The number of hydrogen-bond acceptors (Lipinski definition) is 3. The molecule has 1 heterocycles. The normalized spacial score (nSPS) is 10.2. The third-order valence-corrected chi connectivity index (χ3v) is 2.75. The van der Waals surface area contributed by atoms with Crippen molar-refractivity contribution in [3.63, 3.8) is 0 Å². The van der Waals surface area contributed by atoms with Crippen LogP contribution in [0, 0.1) is 6.92 Å². The Bertz CT molecular complexity index is 650. The summed E-state index contributed by atoms with van der Waals surface area (Å²) < 4.78 is 0. The van der Waals surface area contributed by atoms with Crippen LogP contribution in [0.25, 0.3) is 11.1 Å². The van der Waals surface area contributed by atoms with E-state index in [1.807, 2.05) is 0 Å². The number of rotatable bonds is 3. The number of aryl methyl sites for hydroxylation is 1. The second-order valence-electron chi connectivity index (χ2n) is 4.02. The smallest absolute Gasteiger partial charge is 0.355 e. The van der Waals surface area contributed by atoms with Crippen LogP contribution in [0.4, 0.5) is 0 Å². The molecule has 0 aliphatic rings. The SMILES string of the molecule is Cc1cnc(C(=O)O)c(C(=O)O)c1-c1ccccc1. The Labute approximate surface area is 109 Å². The van der Waals surface area contributed by atoms with E-state index in [2.05, 4.69) is 4.98 Å². The summed E-state index contributed by atoms with van der Waals surface area (Å²) in [6.45, 7) is 1.70. The van der Waals surface area contributed by atoms with Crippen molar-refractivity contribution < 1.29 is 19.8 Å². The van der Waals surface area contributed by atoms with Gasteiger partial charge in [-0.05, 0) is 18.1 Å². The van der Waals surface area contributed by atoms with E-state index in [0.717, 1.165) is 0 Å². The van der Waals surface area contributed by atoms with E-state index < -0.39 is 17.6 Å². The second kappa shape index (κ2) is 4.89. The van der Waals surface area contributed by atoms with Gasteiger partial charge < -0.3 is 10.2 Å². The minimum atomic E-state index is -1.35. The minimum absolute atomic E-state index is 0.279. The molecular weight excluding hydrogens is 246 g/mol. The number of carboxylic acid groups (broad SMARTS) is 2. The highest BCUT2D eigenvalue weighted by Crippen LogP contribution is 2.28. The van der Waals surface area contributed by atoms with Crippen LogP contribution in [0.5, 0.6) is 0 Å². The Balaban J connectivity index is 2.82. The van der Waals surface area contributed by atoms with Gasteiger partial charge in [0.25, 0.3) is 0 Å². The highest BCUT2D eigenvalue weighted by atomic mass is 16.4. The topological polar surface area (TPSA) is 87.5 Å². The minimum Gasteiger partial charge on any atom is -0.478 e. The molecule has 0 aliphatic heterocycles. The summed E-state index contributed by atoms with van der Waals surface area (Å²) in [5.74, 6) is -2.65. The average Bonchev–Trinajstić information content (AvgIpc) is 2.38. The molecule has 2 N–H and O–H groups in total. The Morgan fingerprint density at radius 1 is 1.05 bits per heavy atom. The number of hydrogen-bond donors (Lipinski definition) is 2.